The molecule has 0 bridgehead atoms. The Morgan fingerprint density at radius 1 is 1.41 bits per heavy atom. The molecule has 0 spiro atoms. The Labute approximate surface area is 108 Å². The van der Waals surface area contributed by atoms with Gasteiger partial charge >= 0.3 is 0 Å². The van der Waals surface area contributed by atoms with Gasteiger partial charge in [0.05, 0.1) is 4.92 Å². The molecule has 94 valence electrons. The topological polar surface area (TPSA) is 75.4 Å². The standard InChI is InChI=1S/C11H15BrN2O3/c12-11-7-10(14(16)17)4-3-9(11)8-13-5-1-2-6-15/h3-4,7,13,15H,1-2,5-6,8H2. The molecular formula is C11H15BrN2O3. The molecule has 1 rings (SSSR count). The molecule has 0 aliphatic heterocycles. The summed E-state index contributed by atoms with van der Waals surface area (Å²) in [7, 11) is 0. The average Bonchev–Trinajstić information content (AvgIpc) is 2.30. The first-order valence-electron chi connectivity index (χ1n) is 5.39. The van der Waals surface area contributed by atoms with Gasteiger partial charge in [-0.3, -0.25) is 10.1 Å². The van der Waals surface area contributed by atoms with Crippen LogP contribution in [0, 0.1) is 10.1 Å². The summed E-state index contributed by atoms with van der Waals surface area (Å²) in [6.45, 7) is 1.69. The summed E-state index contributed by atoms with van der Waals surface area (Å²) in [6.07, 6.45) is 1.70. The number of aliphatic hydroxyl groups is 1. The first kappa shape index (κ1) is 14.1. The van der Waals surface area contributed by atoms with Gasteiger partial charge in [0, 0.05) is 29.8 Å². The minimum Gasteiger partial charge on any atom is -0.396 e. The highest BCUT2D eigenvalue weighted by atomic mass is 79.9. The number of rotatable bonds is 7. The molecule has 1 aromatic rings. The molecule has 6 heteroatoms. The number of hydrogen-bond acceptors (Lipinski definition) is 4. The normalized spacial score (nSPS) is 10.5. The van der Waals surface area contributed by atoms with Crippen LogP contribution in [0.2, 0.25) is 0 Å². The SMILES string of the molecule is O=[N+]([O-])c1ccc(CNCCCCO)c(Br)c1. The number of unbranched alkanes of at least 4 members (excludes halogenated alkanes) is 1. The van der Waals surface area contributed by atoms with Gasteiger partial charge in [-0.1, -0.05) is 15.9 Å². The molecule has 0 aliphatic rings. The van der Waals surface area contributed by atoms with Crippen LogP contribution in [-0.4, -0.2) is 23.2 Å². The number of nitro benzene ring substituents is 1. The van der Waals surface area contributed by atoms with Crippen molar-refractivity contribution in [2.45, 2.75) is 19.4 Å². The van der Waals surface area contributed by atoms with Gasteiger partial charge in [0.2, 0.25) is 0 Å². The molecular weight excluding hydrogens is 288 g/mol. The van der Waals surface area contributed by atoms with E-state index in [2.05, 4.69) is 21.2 Å². The second kappa shape index (κ2) is 7.37. The average molecular weight is 303 g/mol. The summed E-state index contributed by atoms with van der Waals surface area (Å²) in [5.41, 5.74) is 1.07. The van der Waals surface area contributed by atoms with Crippen molar-refractivity contribution in [1.29, 1.82) is 0 Å². The van der Waals surface area contributed by atoms with Crippen LogP contribution < -0.4 is 5.32 Å². The number of hydrogen-bond donors (Lipinski definition) is 2. The predicted octanol–water partition coefficient (Wildman–Crippen LogP) is 2.22. The summed E-state index contributed by atoms with van der Waals surface area (Å²) < 4.78 is 0.737. The molecule has 0 aromatic heterocycles. The summed E-state index contributed by atoms with van der Waals surface area (Å²) in [6, 6.07) is 4.74. The van der Waals surface area contributed by atoms with E-state index < -0.39 is 4.92 Å². The van der Waals surface area contributed by atoms with E-state index in [-0.39, 0.29) is 12.3 Å². The minimum absolute atomic E-state index is 0.0842. The maximum absolute atomic E-state index is 10.5. The lowest BCUT2D eigenvalue weighted by Gasteiger charge is -2.06. The number of benzene rings is 1. The third kappa shape index (κ3) is 4.80. The molecule has 0 saturated carbocycles. The third-order valence-electron chi connectivity index (χ3n) is 2.32. The number of nitrogens with zero attached hydrogens (tertiary/aromatic N) is 1. The van der Waals surface area contributed by atoms with Crippen molar-refractivity contribution >= 4 is 21.6 Å². The van der Waals surface area contributed by atoms with E-state index in [1.807, 2.05) is 0 Å². The van der Waals surface area contributed by atoms with Crippen molar-refractivity contribution < 1.29 is 10.0 Å². The van der Waals surface area contributed by atoms with Crippen LogP contribution in [0.5, 0.6) is 0 Å². The molecule has 5 nitrogen and oxygen atoms in total. The molecule has 0 aliphatic carbocycles. The zero-order chi connectivity index (χ0) is 12.7. The number of aliphatic hydroxyl groups excluding tert-OH is 1. The lowest BCUT2D eigenvalue weighted by molar-refractivity contribution is -0.384. The van der Waals surface area contributed by atoms with Gasteiger partial charge in [-0.25, -0.2) is 0 Å². The summed E-state index contributed by atoms with van der Waals surface area (Å²) in [5.74, 6) is 0. The first-order valence-corrected chi connectivity index (χ1v) is 6.19. The lowest BCUT2D eigenvalue weighted by atomic mass is 10.2. The predicted molar refractivity (Wildman–Crippen MR) is 68.8 cm³/mol. The summed E-state index contributed by atoms with van der Waals surface area (Å²) in [4.78, 5) is 10.1. The molecule has 0 saturated heterocycles. The van der Waals surface area contributed by atoms with Gasteiger partial charge < -0.3 is 10.4 Å². The molecule has 0 unspecified atom stereocenters. The number of nitrogens with one attached hydrogen (secondary N) is 1. The number of nitro groups is 1. The van der Waals surface area contributed by atoms with E-state index in [9.17, 15) is 10.1 Å². The van der Waals surface area contributed by atoms with Crippen LogP contribution in [0.3, 0.4) is 0 Å². The van der Waals surface area contributed by atoms with E-state index in [1.165, 1.54) is 12.1 Å². The van der Waals surface area contributed by atoms with E-state index in [4.69, 9.17) is 5.11 Å². The Balaban J connectivity index is 2.46. The molecule has 0 radical (unpaired) electrons. The fourth-order valence-corrected chi connectivity index (χ4v) is 1.88. The minimum atomic E-state index is -0.413. The molecule has 2 N–H and O–H groups in total. The largest absolute Gasteiger partial charge is 0.396 e. The van der Waals surface area contributed by atoms with Gasteiger partial charge in [0.15, 0.2) is 0 Å². The number of halogens is 1. The van der Waals surface area contributed by atoms with Gasteiger partial charge in [-0.05, 0) is 31.0 Å². The summed E-state index contributed by atoms with van der Waals surface area (Å²) in [5, 5.41) is 22.4. The Kier molecular flexibility index (Phi) is 6.10. The van der Waals surface area contributed by atoms with Crippen molar-refractivity contribution in [3.05, 3.63) is 38.3 Å². The Hall–Kier alpha value is -0.980. The van der Waals surface area contributed by atoms with Crippen LogP contribution in [0.4, 0.5) is 5.69 Å². The highest BCUT2D eigenvalue weighted by molar-refractivity contribution is 9.10. The van der Waals surface area contributed by atoms with Crippen LogP contribution in [-0.2, 0) is 6.54 Å². The first-order chi connectivity index (χ1) is 8.15. The van der Waals surface area contributed by atoms with Gasteiger partial charge in [-0.15, -0.1) is 0 Å². The Bertz CT molecular complexity index is 385. The van der Waals surface area contributed by atoms with E-state index >= 15 is 0 Å². The fourth-order valence-electron chi connectivity index (χ4n) is 1.38. The van der Waals surface area contributed by atoms with Crippen molar-refractivity contribution in [2.24, 2.45) is 0 Å². The smallest absolute Gasteiger partial charge is 0.270 e. The molecule has 1 aromatic carbocycles. The van der Waals surface area contributed by atoms with Crippen LogP contribution in [0.15, 0.2) is 22.7 Å². The van der Waals surface area contributed by atoms with E-state index in [1.54, 1.807) is 6.07 Å². The summed E-state index contributed by atoms with van der Waals surface area (Å²) >= 11 is 3.31. The quantitative estimate of drug-likeness (QED) is 0.460. The molecule has 0 fully saturated rings. The second-order valence-corrected chi connectivity index (χ2v) is 4.49. The monoisotopic (exact) mass is 302 g/mol. The molecule has 0 atom stereocenters. The van der Waals surface area contributed by atoms with Crippen LogP contribution in [0.25, 0.3) is 0 Å². The zero-order valence-electron chi connectivity index (χ0n) is 9.36. The highest BCUT2D eigenvalue weighted by Crippen LogP contribution is 2.22. The van der Waals surface area contributed by atoms with E-state index in [0.717, 1.165) is 29.4 Å². The molecule has 0 heterocycles. The van der Waals surface area contributed by atoms with Crippen molar-refractivity contribution in [1.82, 2.24) is 5.32 Å². The molecule has 17 heavy (non-hydrogen) atoms. The zero-order valence-corrected chi connectivity index (χ0v) is 10.9. The fraction of sp³-hybridized carbons (Fsp3) is 0.455. The molecule has 0 amide bonds. The van der Waals surface area contributed by atoms with Crippen molar-refractivity contribution in [3.8, 4) is 0 Å². The van der Waals surface area contributed by atoms with Gasteiger partial charge in [0.25, 0.3) is 5.69 Å². The Morgan fingerprint density at radius 2 is 2.18 bits per heavy atom. The second-order valence-electron chi connectivity index (χ2n) is 3.64. The highest BCUT2D eigenvalue weighted by Gasteiger charge is 2.08. The third-order valence-corrected chi connectivity index (χ3v) is 3.06. The van der Waals surface area contributed by atoms with E-state index in [0.29, 0.717) is 6.54 Å². The Morgan fingerprint density at radius 3 is 2.76 bits per heavy atom. The maximum atomic E-state index is 10.5. The van der Waals surface area contributed by atoms with Gasteiger partial charge in [0.1, 0.15) is 0 Å². The van der Waals surface area contributed by atoms with Gasteiger partial charge in [-0.2, -0.15) is 0 Å². The maximum Gasteiger partial charge on any atom is 0.270 e. The van der Waals surface area contributed by atoms with Crippen molar-refractivity contribution in [3.63, 3.8) is 0 Å². The number of non-ortho nitro benzene ring substituents is 1. The van der Waals surface area contributed by atoms with Crippen LogP contribution in [0.1, 0.15) is 18.4 Å². The van der Waals surface area contributed by atoms with Crippen LogP contribution >= 0.6 is 15.9 Å². The van der Waals surface area contributed by atoms with Crippen molar-refractivity contribution in [2.75, 3.05) is 13.2 Å². The lowest BCUT2D eigenvalue weighted by Crippen LogP contribution is -2.15.